The molecule has 0 radical (unpaired) electrons. The van der Waals surface area contributed by atoms with Crippen molar-refractivity contribution in [1.29, 1.82) is 0 Å². The maximum absolute atomic E-state index is 10.6. The maximum atomic E-state index is 10.6. The minimum absolute atomic E-state index is 0.220. The molecule has 0 saturated heterocycles. The number of hydrogen-bond acceptors (Lipinski definition) is 3. The number of hydrogen-bond donors (Lipinski definition) is 0. The quantitative estimate of drug-likeness (QED) is 0.254. The van der Waals surface area contributed by atoms with E-state index in [2.05, 4.69) is 10.0 Å². The third-order valence-electron chi connectivity index (χ3n) is 1.61. The first-order chi connectivity index (χ1) is 7.27. The number of benzene rings is 1. The van der Waals surface area contributed by atoms with Gasteiger partial charge in [-0.05, 0) is 23.7 Å². The summed E-state index contributed by atoms with van der Waals surface area (Å²) in [5.74, 6) is 0.433. The van der Waals surface area contributed by atoms with Crippen LogP contribution >= 0.6 is 11.6 Å². The Balaban J connectivity index is 2.67. The molecule has 0 spiro atoms. The molecule has 0 aliphatic carbocycles. The summed E-state index contributed by atoms with van der Waals surface area (Å²) in [6.45, 7) is 0.448. The Kier molecular flexibility index (Phi) is 4.47. The minimum Gasteiger partial charge on any atom is -0.493 e. The van der Waals surface area contributed by atoms with Crippen molar-refractivity contribution in [2.24, 2.45) is 5.11 Å². The van der Waals surface area contributed by atoms with Crippen LogP contribution in [0.1, 0.15) is 10.4 Å². The van der Waals surface area contributed by atoms with Gasteiger partial charge in [0.2, 0.25) is 0 Å². The summed E-state index contributed by atoms with van der Waals surface area (Å²) in [4.78, 5) is 13.2. The maximum Gasteiger partial charge on any atom is 0.153 e. The Morgan fingerprint density at radius 3 is 3.07 bits per heavy atom. The lowest BCUT2D eigenvalue weighted by Gasteiger charge is -2.06. The van der Waals surface area contributed by atoms with Gasteiger partial charge in [-0.25, -0.2) is 0 Å². The molecule has 78 valence electrons. The number of azide groups is 1. The molecular formula is C9H8ClN3O2. The fraction of sp³-hybridized carbons (Fsp3) is 0.222. The second-order valence-electron chi connectivity index (χ2n) is 2.60. The number of halogens is 1. The van der Waals surface area contributed by atoms with Crippen LogP contribution in [-0.4, -0.2) is 19.4 Å². The van der Waals surface area contributed by atoms with Crippen molar-refractivity contribution in [3.05, 3.63) is 39.2 Å². The third kappa shape index (κ3) is 3.50. The molecule has 6 heteroatoms. The van der Waals surface area contributed by atoms with Crippen LogP contribution in [0.25, 0.3) is 10.4 Å². The lowest BCUT2D eigenvalue weighted by atomic mass is 10.2. The van der Waals surface area contributed by atoms with E-state index in [1.54, 1.807) is 12.1 Å². The minimum atomic E-state index is 0.220. The molecule has 15 heavy (non-hydrogen) atoms. The molecule has 0 saturated carbocycles. The van der Waals surface area contributed by atoms with Crippen LogP contribution in [0.15, 0.2) is 23.3 Å². The van der Waals surface area contributed by atoms with Crippen LogP contribution in [0.5, 0.6) is 5.75 Å². The smallest absolute Gasteiger partial charge is 0.153 e. The zero-order chi connectivity index (χ0) is 11.1. The Morgan fingerprint density at radius 2 is 2.40 bits per heavy atom. The topological polar surface area (TPSA) is 75.1 Å². The summed E-state index contributed by atoms with van der Waals surface area (Å²) in [5.41, 5.74) is 8.41. The number of aldehydes is 1. The standard InChI is InChI=1S/C9H8ClN3O2/c10-8-1-2-9(7(5-8)6-14)15-4-3-12-13-11/h1-2,5-6H,3-4H2. The predicted octanol–water partition coefficient (Wildman–Crippen LogP) is 2.84. The van der Waals surface area contributed by atoms with Gasteiger partial charge in [-0.3, -0.25) is 4.79 Å². The lowest BCUT2D eigenvalue weighted by molar-refractivity contribution is 0.111. The Morgan fingerprint density at radius 1 is 1.60 bits per heavy atom. The Labute approximate surface area is 91.2 Å². The molecule has 0 heterocycles. The van der Waals surface area contributed by atoms with E-state index in [-0.39, 0.29) is 13.2 Å². The second-order valence-corrected chi connectivity index (χ2v) is 3.04. The molecule has 0 fully saturated rings. The van der Waals surface area contributed by atoms with Crippen molar-refractivity contribution < 1.29 is 9.53 Å². The highest BCUT2D eigenvalue weighted by Gasteiger charge is 2.02. The van der Waals surface area contributed by atoms with E-state index in [1.807, 2.05) is 0 Å². The summed E-state index contributed by atoms with van der Waals surface area (Å²) < 4.78 is 5.23. The highest BCUT2D eigenvalue weighted by molar-refractivity contribution is 6.30. The van der Waals surface area contributed by atoms with Crippen LogP contribution in [0.3, 0.4) is 0 Å². The van der Waals surface area contributed by atoms with Crippen molar-refractivity contribution >= 4 is 17.9 Å². The lowest BCUT2D eigenvalue weighted by Crippen LogP contribution is -2.02. The monoisotopic (exact) mass is 225 g/mol. The molecule has 5 nitrogen and oxygen atoms in total. The van der Waals surface area contributed by atoms with Gasteiger partial charge in [-0.15, -0.1) is 0 Å². The first kappa shape index (κ1) is 11.4. The normalized spacial score (nSPS) is 9.13. The molecule has 1 aromatic carbocycles. The molecule has 1 rings (SSSR count). The number of carbonyl (C=O) groups is 1. The Hall–Kier alpha value is -1.71. The summed E-state index contributed by atoms with van der Waals surface area (Å²) in [6.07, 6.45) is 0.661. The van der Waals surface area contributed by atoms with Crippen LogP contribution in [0.2, 0.25) is 5.02 Å². The molecular weight excluding hydrogens is 218 g/mol. The fourth-order valence-corrected chi connectivity index (χ4v) is 1.16. The first-order valence-electron chi connectivity index (χ1n) is 4.16. The van der Waals surface area contributed by atoms with Gasteiger partial charge in [0.25, 0.3) is 0 Å². The van der Waals surface area contributed by atoms with E-state index in [9.17, 15) is 4.79 Å². The van der Waals surface area contributed by atoms with Gasteiger partial charge in [0.1, 0.15) is 5.75 Å². The fourth-order valence-electron chi connectivity index (χ4n) is 0.984. The highest BCUT2D eigenvalue weighted by Crippen LogP contribution is 2.21. The van der Waals surface area contributed by atoms with Gasteiger partial charge >= 0.3 is 0 Å². The Bertz CT molecular complexity index is 402. The third-order valence-corrected chi connectivity index (χ3v) is 1.85. The molecule has 0 aromatic heterocycles. The average Bonchev–Trinajstić information content (AvgIpc) is 2.26. The average molecular weight is 226 g/mol. The summed E-state index contributed by atoms with van der Waals surface area (Å²) in [6, 6.07) is 4.73. The van der Waals surface area contributed by atoms with E-state index in [1.165, 1.54) is 6.07 Å². The van der Waals surface area contributed by atoms with Crippen LogP contribution < -0.4 is 4.74 Å². The van der Waals surface area contributed by atoms with Gasteiger partial charge < -0.3 is 4.74 Å². The van der Waals surface area contributed by atoms with E-state index >= 15 is 0 Å². The molecule has 0 bridgehead atoms. The first-order valence-corrected chi connectivity index (χ1v) is 4.54. The summed E-state index contributed by atoms with van der Waals surface area (Å²) >= 11 is 5.70. The van der Waals surface area contributed by atoms with Gasteiger partial charge in [-0.2, -0.15) is 0 Å². The zero-order valence-corrected chi connectivity index (χ0v) is 8.52. The number of carbonyl (C=O) groups excluding carboxylic acids is 1. The van der Waals surface area contributed by atoms with E-state index in [0.717, 1.165) is 0 Å². The number of ether oxygens (including phenoxy) is 1. The largest absolute Gasteiger partial charge is 0.493 e. The van der Waals surface area contributed by atoms with Crippen molar-refractivity contribution in [3.63, 3.8) is 0 Å². The van der Waals surface area contributed by atoms with Crippen LogP contribution in [0, 0.1) is 0 Å². The van der Waals surface area contributed by atoms with Gasteiger partial charge in [-0.1, -0.05) is 16.7 Å². The molecule has 0 amide bonds. The number of rotatable bonds is 5. The molecule has 0 aliphatic heterocycles. The van der Waals surface area contributed by atoms with Gasteiger partial charge in [0, 0.05) is 9.93 Å². The summed E-state index contributed by atoms with van der Waals surface area (Å²) in [7, 11) is 0. The van der Waals surface area contributed by atoms with E-state index in [0.29, 0.717) is 22.6 Å². The van der Waals surface area contributed by atoms with Crippen molar-refractivity contribution in [3.8, 4) is 5.75 Å². The highest BCUT2D eigenvalue weighted by atomic mass is 35.5. The molecule has 0 aliphatic rings. The predicted molar refractivity (Wildman–Crippen MR) is 56.3 cm³/mol. The molecule has 0 N–H and O–H groups in total. The van der Waals surface area contributed by atoms with Gasteiger partial charge in [0.15, 0.2) is 6.29 Å². The number of nitrogens with zero attached hydrogens (tertiary/aromatic N) is 3. The van der Waals surface area contributed by atoms with E-state index in [4.69, 9.17) is 21.9 Å². The van der Waals surface area contributed by atoms with Crippen molar-refractivity contribution in [2.45, 2.75) is 0 Å². The SMILES string of the molecule is [N-]=[N+]=NCCOc1ccc(Cl)cc1C=O. The van der Waals surface area contributed by atoms with Crippen LogP contribution in [0.4, 0.5) is 0 Å². The second kappa shape index (κ2) is 5.90. The van der Waals surface area contributed by atoms with Crippen molar-refractivity contribution in [1.82, 2.24) is 0 Å². The molecule has 1 aromatic rings. The van der Waals surface area contributed by atoms with E-state index < -0.39 is 0 Å². The summed E-state index contributed by atoms with van der Waals surface area (Å²) in [5, 5.41) is 3.77. The molecule has 0 atom stereocenters. The van der Waals surface area contributed by atoms with Crippen molar-refractivity contribution in [2.75, 3.05) is 13.2 Å². The zero-order valence-electron chi connectivity index (χ0n) is 7.76. The van der Waals surface area contributed by atoms with Gasteiger partial charge in [0.05, 0.1) is 18.7 Å². The molecule has 0 unspecified atom stereocenters. The van der Waals surface area contributed by atoms with Crippen LogP contribution in [-0.2, 0) is 0 Å².